The molecule has 111 valence electrons. The summed E-state index contributed by atoms with van der Waals surface area (Å²) in [4.78, 5) is 22.8. The first-order chi connectivity index (χ1) is 9.65. The fraction of sp³-hybridized carbons (Fsp3) is 0.500. The Morgan fingerprint density at radius 3 is 2.05 bits per heavy atom. The number of benzene rings is 1. The Morgan fingerprint density at radius 2 is 1.48 bits per heavy atom. The minimum absolute atomic E-state index is 0. The van der Waals surface area contributed by atoms with Gasteiger partial charge in [-0.3, -0.25) is 9.59 Å². The fourth-order valence-electron chi connectivity index (χ4n) is 2.00. The zero-order chi connectivity index (χ0) is 14.8. The molecule has 0 fully saturated rings. The molecule has 0 bridgehead atoms. The van der Waals surface area contributed by atoms with Crippen molar-refractivity contribution in [3.8, 4) is 0 Å². The van der Waals surface area contributed by atoms with Crippen molar-refractivity contribution in [1.29, 1.82) is 0 Å². The quantitative estimate of drug-likeness (QED) is 0.543. The van der Waals surface area contributed by atoms with Crippen LogP contribution >= 0.6 is 0 Å². The molecular weight excluding hydrogens is 275 g/mol. The van der Waals surface area contributed by atoms with E-state index in [0.717, 1.165) is 12.8 Å². The second-order valence-electron chi connectivity index (χ2n) is 4.97. The monoisotopic (exact) mass is 299 g/mol. The molecule has 1 rings (SSSR count). The van der Waals surface area contributed by atoms with Crippen LogP contribution in [0.25, 0.3) is 0 Å². The maximum absolute atomic E-state index is 11.8. The third kappa shape index (κ3) is 8.24. The first-order valence-electron chi connectivity index (χ1n) is 7.33. The predicted octanol–water partition coefficient (Wildman–Crippen LogP) is 2.50. The number of primary amides is 1. The van der Waals surface area contributed by atoms with Crippen LogP contribution in [0.1, 0.15) is 66.2 Å². The summed E-state index contributed by atoms with van der Waals surface area (Å²) in [7, 11) is 0. The van der Waals surface area contributed by atoms with Crippen molar-refractivity contribution in [2.24, 2.45) is 5.73 Å². The summed E-state index contributed by atoms with van der Waals surface area (Å²) in [6, 6.07) is 6.39. The standard InChI is InChI=1S/C16H24N2O2.Na/c1-2-3-4-5-6-7-12-18-16(20)14-10-8-13(9-11-14)15(17)19;/h8-11H,2-7,12H2,1H3,(H2,17,19)(H,18,20);. The molecule has 3 N–H and O–H groups in total. The number of unbranched alkanes of at least 4 members (excludes halogenated alkanes) is 5. The van der Waals surface area contributed by atoms with Gasteiger partial charge in [-0.15, -0.1) is 0 Å². The fourth-order valence-corrected chi connectivity index (χ4v) is 2.00. The molecule has 1 radical (unpaired) electrons. The summed E-state index contributed by atoms with van der Waals surface area (Å²) in [6.45, 7) is 2.90. The first kappa shape index (κ1) is 20.2. The molecule has 5 heteroatoms. The largest absolute Gasteiger partial charge is 0.366 e. The molecule has 0 saturated carbocycles. The van der Waals surface area contributed by atoms with E-state index in [2.05, 4.69) is 12.2 Å². The van der Waals surface area contributed by atoms with Crippen LogP contribution in [-0.4, -0.2) is 47.9 Å². The van der Waals surface area contributed by atoms with Gasteiger partial charge >= 0.3 is 0 Å². The normalized spacial score (nSPS) is 9.76. The van der Waals surface area contributed by atoms with Gasteiger partial charge in [0.25, 0.3) is 5.91 Å². The van der Waals surface area contributed by atoms with E-state index in [1.165, 1.54) is 25.7 Å². The van der Waals surface area contributed by atoms with E-state index in [-0.39, 0.29) is 35.5 Å². The minimum Gasteiger partial charge on any atom is -0.366 e. The molecule has 0 saturated heterocycles. The zero-order valence-electron chi connectivity index (χ0n) is 13.2. The Hall–Kier alpha value is -0.840. The molecule has 1 aromatic rings. The van der Waals surface area contributed by atoms with E-state index in [1.807, 2.05) is 0 Å². The third-order valence-corrected chi connectivity index (χ3v) is 3.25. The molecule has 0 atom stereocenters. The number of nitrogens with two attached hydrogens (primary N) is 1. The Labute approximate surface area is 149 Å². The van der Waals surface area contributed by atoms with Gasteiger partial charge in [0.15, 0.2) is 0 Å². The van der Waals surface area contributed by atoms with Crippen molar-refractivity contribution in [3.05, 3.63) is 35.4 Å². The Morgan fingerprint density at radius 1 is 0.952 bits per heavy atom. The first-order valence-corrected chi connectivity index (χ1v) is 7.33. The second-order valence-corrected chi connectivity index (χ2v) is 4.97. The molecule has 0 heterocycles. The smallest absolute Gasteiger partial charge is 0.251 e. The van der Waals surface area contributed by atoms with Crippen LogP contribution < -0.4 is 11.1 Å². The van der Waals surface area contributed by atoms with Crippen LogP contribution in [0, 0.1) is 0 Å². The van der Waals surface area contributed by atoms with Gasteiger partial charge in [0, 0.05) is 47.2 Å². The van der Waals surface area contributed by atoms with E-state index < -0.39 is 5.91 Å². The van der Waals surface area contributed by atoms with Crippen LogP contribution in [0.4, 0.5) is 0 Å². The third-order valence-electron chi connectivity index (χ3n) is 3.25. The summed E-state index contributed by atoms with van der Waals surface area (Å²) in [5.41, 5.74) is 6.12. The van der Waals surface area contributed by atoms with Crippen molar-refractivity contribution >= 4 is 41.4 Å². The number of carbonyl (C=O) groups excluding carboxylic acids is 2. The summed E-state index contributed by atoms with van der Waals surface area (Å²) in [5, 5.41) is 2.88. The van der Waals surface area contributed by atoms with Crippen molar-refractivity contribution in [2.75, 3.05) is 6.54 Å². The molecule has 1 aromatic carbocycles. The number of carbonyl (C=O) groups is 2. The Kier molecular flexibility index (Phi) is 11.3. The molecule has 2 amide bonds. The summed E-state index contributed by atoms with van der Waals surface area (Å²) in [6.07, 6.45) is 7.21. The minimum atomic E-state index is -0.482. The topological polar surface area (TPSA) is 72.2 Å². The van der Waals surface area contributed by atoms with E-state index in [1.54, 1.807) is 24.3 Å². The molecule has 0 aliphatic rings. The average Bonchev–Trinajstić information content (AvgIpc) is 2.46. The molecule has 21 heavy (non-hydrogen) atoms. The molecule has 0 unspecified atom stereocenters. The maximum atomic E-state index is 11.8. The molecule has 0 spiro atoms. The predicted molar refractivity (Wildman–Crippen MR) is 86.4 cm³/mol. The van der Waals surface area contributed by atoms with Gasteiger partial charge in [0.05, 0.1) is 0 Å². The van der Waals surface area contributed by atoms with Crippen LogP contribution in [0.3, 0.4) is 0 Å². The number of rotatable bonds is 9. The van der Waals surface area contributed by atoms with Gasteiger partial charge in [-0.1, -0.05) is 39.0 Å². The van der Waals surface area contributed by atoms with Crippen molar-refractivity contribution in [2.45, 2.75) is 45.4 Å². The second kappa shape index (κ2) is 11.8. The van der Waals surface area contributed by atoms with Gasteiger partial charge in [0.2, 0.25) is 5.91 Å². The number of nitrogens with one attached hydrogen (secondary N) is 1. The Bertz CT molecular complexity index is 432. The van der Waals surface area contributed by atoms with Gasteiger partial charge < -0.3 is 11.1 Å². The van der Waals surface area contributed by atoms with E-state index in [9.17, 15) is 9.59 Å². The van der Waals surface area contributed by atoms with E-state index in [0.29, 0.717) is 17.7 Å². The van der Waals surface area contributed by atoms with Crippen molar-refractivity contribution in [1.82, 2.24) is 5.32 Å². The van der Waals surface area contributed by atoms with Crippen molar-refractivity contribution < 1.29 is 9.59 Å². The summed E-state index contributed by atoms with van der Waals surface area (Å²) < 4.78 is 0. The van der Waals surface area contributed by atoms with Gasteiger partial charge in [0.1, 0.15) is 0 Å². The SMILES string of the molecule is CCCCCCCCNC(=O)c1ccc(C(N)=O)cc1.[Na]. The van der Waals surface area contributed by atoms with Crippen LogP contribution in [0.2, 0.25) is 0 Å². The molecule has 4 nitrogen and oxygen atoms in total. The summed E-state index contributed by atoms with van der Waals surface area (Å²) >= 11 is 0. The number of hydrogen-bond donors (Lipinski definition) is 2. The van der Waals surface area contributed by atoms with Crippen LogP contribution in [0.5, 0.6) is 0 Å². The van der Waals surface area contributed by atoms with Gasteiger partial charge in [-0.05, 0) is 30.7 Å². The zero-order valence-corrected chi connectivity index (χ0v) is 15.2. The van der Waals surface area contributed by atoms with Crippen LogP contribution in [-0.2, 0) is 0 Å². The Balaban J connectivity index is 0.00000400. The van der Waals surface area contributed by atoms with E-state index in [4.69, 9.17) is 5.73 Å². The molecule has 0 aromatic heterocycles. The maximum Gasteiger partial charge on any atom is 0.251 e. The molecular formula is C16H24N2NaO2. The van der Waals surface area contributed by atoms with Crippen molar-refractivity contribution in [3.63, 3.8) is 0 Å². The molecule has 0 aliphatic heterocycles. The van der Waals surface area contributed by atoms with Gasteiger partial charge in [-0.2, -0.15) is 0 Å². The molecule has 0 aliphatic carbocycles. The number of hydrogen-bond acceptors (Lipinski definition) is 2. The summed E-state index contributed by atoms with van der Waals surface area (Å²) in [5.74, 6) is -0.585. The van der Waals surface area contributed by atoms with Crippen LogP contribution in [0.15, 0.2) is 24.3 Å². The number of amides is 2. The van der Waals surface area contributed by atoms with E-state index >= 15 is 0 Å². The van der Waals surface area contributed by atoms with Gasteiger partial charge in [-0.25, -0.2) is 0 Å². The average molecular weight is 299 g/mol.